The third kappa shape index (κ3) is 2.34. The maximum atomic E-state index is 11.0. The number of carbonyl (C=O) groups is 1. The lowest BCUT2D eigenvalue weighted by molar-refractivity contribution is -0.112. The maximum absolute atomic E-state index is 11.0. The van der Waals surface area contributed by atoms with Crippen LogP contribution in [0.1, 0.15) is 45.1 Å². The molecule has 104 valence electrons. The highest BCUT2D eigenvalue weighted by molar-refractivity contribution is 5.50. The van der Waals surface area contributed by atoms with Crippen molar-refractivity contribution in [3.05, 3.63) is 29.8 Å². The molecule has 0 heterocycles. The summed E-state index contributed by atoms with van der Waals surface area (Å²) in [5.41, 5.74) is 1.06. The van der Waals surface area contributed by atoms with Crippen LogP contribution in [0.3, 0.4) is 0 Å². The Bertz CT molecular complexity index is 443. The van der Waals surface area contributed by atoms with Crippen LogP contribution >= 0.6 is 0 Å². The van der Waals surface area contributed by atoms with Crippen LogP contribution in [0.5, 0.6) is 5.75 Å². The van der Waals surface area contributed by atoms with Gasteiger partial charge in [0.25, 0.3) is 0 Å². The second kappa shape index (κ2) is 5.24. The highest BCUT2D eigenvalue weighted by Crippen LogP contribution is 2.46. The van der Waals surface area contributed by atoms with Crippen LogP contribution < -0.4 is 10.1 Å². The Labute approximate surface area is 115 Å². The van der Waals surface area contributed by atoms with E-state index >= 15 is 0 Å². The summed E-state index contributed by atoms with van der Waals surface area (Å²) in [7, 11) is 1.68. The van der Waals surface area contributed by atoms with Crippen molar-refractivity contribution >= 4 is 6.41 Å². The van der Waals surface area contributed by atoms with Crippen LogP contribution in [-0.4, -0.2) is 19.1 Å². The van der Waals surface area contributed by atoms with E-state index in [0.717, 1.165) is 25.0 Å². The van der Waals surface area contributed by atoms with E-state index in [1.165, 1.54) is 18.4 Å². The van der Waals surface area contributed by atoms with Gasteiger partial charge in [-0.1, -0.05) is 31.9 Å². The van der Waals surface area contributed by atoms with E-state index in [-0.39, 0.29) is 11.0 Å². The number of ether oxygens (including phenoxy) is 1. The predicted molar refractivity (Wildman–Crippen MR) is 76.4 cm³/mol. The fourth-order valence-corrected chi connectivity index (χ4v) is 3.29. The van der Waals surface area contributed by atoms with Crippen molar-refractivity contribution in [2.24, 2.45) is 0 Å². The summed E-state index contributed by atoms with van der Waals surface area (Å²) in [5.74, 6) is 0.869. The Kier molecular flexibility index (Phi) is 3.83. The summed E-state index contributed by atoms with van der Waals surface area (Å²) in [4.78, 5) is 11.0. The first-order valence-corrected chi connectivity index (χ1v) is 6.92. The van der Waals surface area contributed by atoms with Crippen LogP contribution in [0.25, 0.3) is 0 Å². The van der Waals surface area contributed by atoms with Crippen molar-refractivity contribution in [1.82, 2.24) is 5.32 Å². The molecule has 1 N–H and O–H groups in total. The van der Waals surface area contributed by atoms with Crippen LogP contribution in [-0.2, 0) is 10.2 Å². The number of carbonyl (C=O) groups excluding carboxylic acids is 1. The molecule has 0 aliphatic heterocycles. The summed E-state index contributed by atoms with van der Waals surface area (Å²) >= 11 is 0. The molecular formula is C16H23NO2. The van der Waals surface area contributed by atoms with Gasteiger partial charge in [0.2, 0.25) is 6.41 Å². The first-order chi connectivity index (χ1) is 9.05. The Morgan fingerprint density at radius 3 is 2.37 bits per heavy atom. The minimum Gasteiger partial charge on any atom is -0.497 e. The van der Waals surface area contributed by atoms with Crippen molar-refractivity contribution in [3.63, 3.8) is 0 Å². The summed E-state index contributed by atoms with van der Waals surface area (Å²) in [6.07, 6.45) is 5.33. The van der Waals surface area contributed by atoms with Gasteiger partial charge in [-0.2, -0.15) is 0 Å². The lowest BCUT2D eigenvalue weighted by atomic mass is 9.59. The molecule has 1 aliphatic carbocycles. The zero-order valence-electron chi connectivity index (χ0n) is 12.0. The number of amides is 1. The number of rotatable bonds is 4. The molecule has 0 spiro atoms. The van der Waals surface area contributed by atoms with Gasteiger partial charge in [-0.05, 0) is 37.5 Å². The molecule has 3 nitrogen and oxygen atoms in total. The molecule has 19 heavy (non-hydrogen) atoms. The summed E-state index contributed by atoms with van der Waals surface area (Å²) in [6.45, 7) is 4.41. The monoisotopic (exact) mass is 261 g/mol. The normalized spacial score (nSPS) is 30.7. The highest BCUT2D eigenvalue weighted by atomic mass is 16.5. The van der Waals surface area contributed by atoms with Gasteiger partial charge in [-0.3, -0.25) is 4.79 Å². The predicted octanol–water partition coefficient (Wildman–Crippen LogP) is 3.03. The Morgan fingerprint density at radius 2 is 1.79 bits per heavy atom. The fraction of sp³-hybridized carbons (Fsp3) is 0.562. The number of hydrogen-bond acceptors (Lipinski definition) is 2. The van der Waals surface area contributed by atoms with Gasteiger partial charge >= 0.3 is 0 Å². The second-order valence-electron chi connectivity index (χ2n) is 5.86. The Balaban J connectivity index is 2.38. The largest absolute Gasteiger partial charge is 0.497 e. The van der Waals surface area contributed by atoms with Crippen molar-refractivity contribution in [1.29, 1.82) is 0 Å². The van der Waals surface area contributed by atoms with Gasteiger partial charge in [0, 0.05) is 11.0 Å². The Hall–Kier alpha value is -1.51. The smallest absolute Gasteiger partial charge is 0.207 e. The molecule has 0 bridgehead atoms. The second-order valence-corrected chi connectivity index (χ2v) is 5.86. The van der Waals surface area contributed by atoms with Crippen LogP contribution in [0.4, 0.5) is 0 Å². The quantitative estimate of drug-likeness (QED) is 0.846. The van der Waals surface area contributed by atoms with Crippen LogP contribution in [0.15, 0.2) is 24.3 Å². The minimum absolute atomic E-state index is 0.0293. The third-order valence-electron chi connectivity index (χ3n) is 4.93. The van der Waals surface area contributed by atoms with Gasteiger partial charge in [-0.15, -0.1) is 0 Å². The molecule has 2 rings (SSSR count). The van der Waals surface area contributed by atoms with Crippen molar-refractivity contribution in [2.45, 2.75) is 50.5 Å². The number of methoxy groups -OCH3 is 1. The molecule has 0 saturated heterocycles. The first kappa shape index (κ1) is 13.9. The van der Waals surface area contributed by atoms with Gasteiger partial charge in [0.05, 0.1) is 7.11 Å². The molecule has 1 aromatic carbocycles. The Morgan fingerprint density at radius 1 is 1.16 bits per heavy atom. The molecule has 2 atom stereocenters. The van der Waals surface area contributed by atoms with E-state index in [1.54, 1.807) is 7.11 Å². The molecule has 1 fully saturated rings. The molecule has 1 aliphatic rings. The van der Waals surface area contributed by atoms with E-state index in [1.807, 2.05) is 12.1 Å². The standard InChI is InChI=1S/C16H23NO2/c1-15(13-6-8-14(19-3)9-7-13)10-4-5-11-16(15,2)17-12-18/h6-9,12H,4-5,10-11H2,1-3H3,(H,17,18). The van der Waals surface area contributed by atoms with Gasteiger partial charge in [0.1, 0.15) is 5.75 Å². The van der Waals surface area contributed by atoms with Gasteiger partial charge in [0.15, 0.2) is 0 Å². The van der Waals surface area contributed by atoms with Gasteiger partial charge < -0.3 is 10.1 Å². The number of benzene rings is 1. The van der Waals surface area contributed by atoms with Crippen LogP contribution in [0, 0.1) is 0 Å². The van der Waals surface area contributed by atoms with E-state index in [2.05, 4.69) is 31.3 Å². The third-order valence-corrected chi connectivity index (χ3v) is 4.93. The number of hydrogen-bond donors (Lipinski definition) is 1. The summed E-state index contributed by atoms with van der Waals surface area (Å²) < 4.78 is 5.22. The van der Waals surface area contributed by atoms with E-state index in [9.17, 15) is 4.79 Å². The van der Waals surface area contributed by atoms with Crippen molar-refractivity contribution in [2.75, 3.05) is 7.11 Å². The van der Waals surface area contributed by atoms with E-state index in [0.29, 0.717) is 0 Å². The summed E-state index contributed by atoms with van der Waals surface area (Å²) in [5, 5.41) is 3.07. The first-order valence-electron chi connectivity index (χ1n) is 6.92. The SMILES string of the molecule is COc1ccc(C2(C)CCCCC2(C)NC=O)cc1. The average molecular weight is 261 g/mol. The number of nitrogens with one attached hydrogen (secondary N) is 1. The topological polar surface area (TPSA) is 38.3 Å². The lowest BCUT2D eigenvalue weighted by Gasteiger charge is -2.50. The molecule has 0 radical (unpaired) electrons. The lowest BCUT2D eigenvalue weighted by Crippen LogP contribution is -2.58. The zero-order valence-corrected chi connectivity index (χ0v) is 12.0. The average Bonchev–Trinajstić information content (AvgIpc) is 2.43. The minimum atomic E-state index is -0.179. The van der Waals surface area contributed by atoms with Crippen molar-refractivity contribution in [3.8, 4) is 5.75 Å². The molecule has 1 saturated carbocycles. The van der Waals surface area contributed by atoms with Crippen molar-refractivity contribution < 1.29 is 9.53 Å². The maximum Gasteiger partial charge on any atom is 0.207 e. The molecular weight excluding hydrogens is 238 g/mol. The van der Waals surface area contributed by atoms with Crippen LogP contribution in [0.2, 0.25) is 0 Å². The zero-order chi connectivity index (χ0) is 13.9. The van der Waals surface area contributed by atoms with E-state index in [4.69, 9.17) is 4.74 Å². The van der Waals surface area contributed by atoms with E-state index < -0.39 is 0 Å². The van der Waals surface area contributed by atoms with Gasteiger partial charge in [-0.25, -0.2) is 0 Å². The fourth-order valence-electron chi connectivity index (χ4n) is 3.29. The molecule has 3 heteroatoms. The molecule has 1 amide bonds. The summed E-state index contributed by atoms with van der Waals surface area (Å²) in [6, 6.07) is 8.23. The molecule has 2 unspecified atom stereocenters. The molecule has 0 aromatic heterocycles. The highest BCUT2D eigenvalue weighted by Gasteiger charge is 2.47. The molecule has 1 aromatic rings.